The Hall–Kier alpha value is -1.26. The van der Waals surface area contributed by atoms with Crippen LogP contribution in [0.3, 0.4) is 0 Å². The number of nitrogens with zero attached hydrogens (tertiary/aromatic N) is 1. The van der Waals surface area contributed by atoms with Gasteiger partial charge in [-0.2, -0.15) is 0 Å². The van der Waals surface area contributed by atoms with Crippen LogP contribution in [0, 0.1) is 5.92 Å². The number of nitrogens with one attached hydrogen (secondary N) is 1. The highest BCUT2D eigenvalue weighted by molar-refractivity contribution is 5.80. The Balaban J connectivity index is 2.21. The van der Waals surface area contributed by atoms with Crippen LogP contribution in [0.2, 0.25) is 0 Å². The maximum absolute atomic E-state index is 11.5. The lowest BCUT2D eigenvalue weighted by Crippen LogP contribution is -2.41. The van der Waals surface area contributed by atoms with Crippen molar-refractivity contribution < 1.29 is 14.3 Å². The summed E-state index contributed by atoms with van der Waals surface area (Å²) in [7, 11) is 0. The van der Waals surface area contributed by atoms with Gasteiger partial charge in [-0.25, -0.2) is 4.79 Å². The monoisotopic (exact) mass is 214 g/mol. The molecule has 1 rings (SSSR count). The van der Waals surface area contributed by atoms with E-state index in [1.54, 1.807) is 11.8 Å². The topological polar surface area (TPSA) is 58.6 Å². The van der Waals surface area contributed by atoms with E-state index in [1.165, 1.54) is 0 Å². The van der Waals surface area contributed by atoms with Crippen LogP contribution in [-0.4, -0.2) is 43.1 Å². The van der Waals surface area contributed by atoms with Crippen LogP contribution in [0.15, 0.2) is 0 Å². The number of carbonyl (C=O) groups excluding carboxylic acids is 2. The summed E-state index contributed by atoms with van der Waals surface area (Å²) < 4.78 is 4.70. The van der Waals surface area contributed by atoms with Gasteiger partial charge in [0.1, 0.15) is 6.54 Å². The summed E-state index contributed by atoms with van der Waals surface area (Å²) in [5.41, 5.74) is 0. The van der Waals surface area contributed by atoms with Crippen LogP contribution in [0.4, 0.5) is 4.79 Å². The van der Waals surface area contributed by atoms with Gasteiger partial charge in [-0.3, -0.25) is 4.79 Å². The SMILES string of the molecule is CCOC(=O)CNC(=O)N1CCC(C)C1. The fourth-order valence-corrected chi connectivity index (χ4v) is 1.59. The second kappa shape index (κ2) is 5.58. The zero-order chi connectivity index (χ0) is 11.3. The molecule has 1 fully saturated rings. The normalized spacial score (nSPS) is 20.1. The van der Waals surface area contributed by atoms with Gasteiger partial charge < -0.3 is 15.0 Å². The van der Waals surface area contributed by atoms with Crippen LogP contribution >= 0.6 is 0 Å². The second-order valence-corrected chi connectivity index (χ2v) is 3.80. The van der Waals surface area contributed by atoms with Crippen LogP contribution in [0.25, 0.3) is 0 Å². The van der Waals surface area contributed by atoms with Crippen LogP contribution in [0.1, 0.15) is 20.3 Å². The molecule has 5 nitrogen and oxygen atoms in total. The molecule has 0 aliphatic carbocycles. The molecule has 0 aromatic carbocycles. The second-order valence-electron chi connectivity index (χ2n) is 3.80. The minimum Gasteiger partial charge on any atom is -0.465 e. The average Bonchev–Trinajstić information content (AvgIpc) is 2.62. The van der Waals surface area contributed by atoms with Gasteiger partial charge in [0, 0.05) is 13.1 Å². The van der Waals surface area contributed by atoms with Crippen molar-refractivity contribution in [1.82, 2.24) is 10.2 Å². The van der Waals surface area contributed by atoms with E-state index in [1.807, 2.05) is 0 Å². The van der Waals surface area contributed by atoms with E-state index in [-0.39, 0.29) is 12.6 Å². The molecule has 0 radical (unpaired) electrons. The molecule has 0 aromatic heterocycles. The summed E-state index contributed by atoms with van der Waals surface area (Å²) >= 11 is 0. The number of urea groups is 1. The molecule has 86 valence electrons. The van der Waals surface area contributed by atoms with Gasteiger partial charge in [-0.05, 0) is 19.3 Å². The lowest BCUT2D eigenvalue weighted by atomic mass is 10.2. The average molecular weight is 214 g/mol. The number of hydrogen-bond donors (Lipinski definition) is 1. The minimum atomic E-state index is -0.391. The Morgan fingerprint density at radius 2 is 2.27 bits per heavy atom. The third-order valence-corrected chi connectivity index (χ3v) is 2.40. The van der Waals surface area contributed by atoms with Gasteiger partial charge in [-0.15, -0.1) is 0 Å². The van der Waals surface area contributed by atoms with E-state index in [4.69, 9.17) is 4.74 Å². The van der Waals surface area contributed by atoms with Gasteiger partial charge in [0.05, 0.1) is 6.61 Å². The first-order chi connectivity index (χ1) is 7.13. The summed E-state index contributed by atoms with van der Waals surface area (Å²) in [6.07, 6.45) is 1.03. The lowest BCUT2D eigenvalue weighted by Gasteiger charge is -2.16. The summed E-state index contributed by atoms with van der Waals surface area (Å²) in [6.45, 7) is 5.69. The highest BCUT2D eigenvalue weighted by atomic mass is 16.5. The summed E-state index contributed by atoms with van der Waals surface area (Å²) in [6, 6.07) is -0.174. The third-order valence-electron chi connectivity index (χ3n) is 2.40. The van der Waals surface area contributed by atoms with Crippen molar-refractivity contribution in [2.45, 2.75) is 20.3 Å². The minimum absolute atomic E-state index is 0.0441. The van der Waals surface area contributed by atoms with E-state index in [0.717, 1.165) is 19.5 Å². The highest BCUT2D eigenvalue weighted by Crippen LogP contribution is 2.14. The highest BCUT2D eigenvalue weighted by Gasteiger charge is 2.23. The van der Waals surface area contributed by atoms with Crippen LogP contribution in [-0.2, 0) is 9.53 Å². The number of likely N-dealkylation sites (tertiary alicyclic amines) is 1. The molecule has 0 bridgehead atoms. The maximum atomic E-state index is 11.5. The van der Waals surface area contributed by atoms with Gasteiger partial charge >= 0.3 is 12.0 Å². The van der Waals surface area contributed by atoms with Crippen molar-refractivity contribution in [3.63, 3.8) is 0 Å². The molecular formula is C10H18N2O3. The summed E-state index contributed by atoms with van der Waals surface area (Å²) in [5, 5.41) is 2.54. The maximum Gasteiger partial charge on any atom is 0.325 e. The number of carbonyl (C=O) groups is 2. The Kier molecular flexibility index (Phi) is 4.39. The van der Waals surface area contributed by atoms with Crippen LogP contribution < -0.4 is 5.32 Å². The molecule has 0 aromatic rings. The summed E-state index contributed by atoms with van der Waals surface area (Å²) in [4.78, 5) is 24.2. The fraction of sp³-hybridized carbons (Fsp3) is 0.800. The number of amides is 2. The number of hydrogen-bond acceptors (Lipinski definition) is 3. The first-order valence-electron chi connectivity index (χ1n) is 5.32. The van der Waals surface area contributed by atoms with E-state index in [2.05, 4.69) is 12.2 Å². The number of rotatable bonds is 3. The van der Waals surface area contributed by atoms with E-state index >= 15 is 0 Å². The predicted molar refractivity (Wildman–Crippen MR) is 55.4 cm³/mol. The quantitative estimate of drug-likeness (QED) is 0.700. The van der Waals surface area contributed by atoms with Crippen molar-refractivity contribution in [3.05, 3.63) is 0 Å². The Bertz CT molecular complexity index is 243. The first-order valence-corrected chi connectivity index (χ1v) is 5.32. The fourth-order valence-electron chi connectivity index (χ4n) is 1.59. The molecule has 1 aliphatic heterocycles. The van der Waals surface area contributed by atoms with Crippen molar-refractivity contribution in [2.75, 3.05) is 26.2 Å². The smallest absolute Gasteiger partial charge is 0.325 e. The van der Waals surface area contributed by atoms with Gasteiger partial charge in [0.2, 0.25) is 0 Å². The summed E-state index contributed by atoms with van der Waals surface area (Å²) in [5.74, 6) is 0.163. The van der Waals surface area contributed by atoms with Gasteiger partial charge in [-0.1, -0.05) is 6.92 Å². The van der Waals surface area contributed by atoms with Crippen molar-refractivity contribution in [3.8, 4) is 0 Å². The first kappa shape index (κ1) is 11.8. The van der Waals surface area contributed by atoms with Crippen molar-refractivity contribution in [1.29, 1.82) is 0 Å². The van der Waals surface area contributed by atoms with Crippen LogP contribution in [0.5, 0.6) is 0 Å². The molecular weight excluding hydrogens is 196 g/mol. The van der Waals surface area contributed by atoms with Gasteiger partial charge in [0.15, 0.2) is 0 Å². The van der Waals surface area contributed by atoms with E-state index in [0.29, 0.717) is 12.5 Å². The Morgan fingerprint density at radius 1 is 1.53 bits per heavy atom. The van der Waals surface area contributed by atoms with Gasteiger partial charge in [0.25, 0.3) is 0 Å². The molecule has 1 N–H and O–H groups in total. The number of ether oxygens (including phenoxy) is 1. The molecule has 1 unspecified atom stereocenters. The van der Waals surface area contributed by atoms with Crippen molar-refractivity contribution in [2.24, 2.45) is 5.92 Å². The molecule has 0 saturated carbocycles. The molecule has 15 heavy (non-hydrogen) atoms. The van der Waals surface area contributed by atoms with E-state index < -0.39 is 5.97 Å². The largest absolute Gasteiger partial charge is 0.465 e. The molecule has 2 amide bonds. The predicted octanol–water partition coefficient (Wildman–Crippen LogP) is 0.601. The molecule has 1 heterocycles. The third kappa shape index (κ3) is 3.77. The Morgan fingerprint density at radius 3 is 2.80 bits per heavy atom. The number of esters is 1. The van der Waals surface area contributed by atoms with E-state index in [9.17, 15) is 9.59 Å². The zero-order valence-electron chi connectivity index (χ0n) is 9.28. The zero-order valence-corrected chi connectivity index (χ0v) is 9.28. The van der Waals surface area contributed by atoms with Crippen molar-refractivity contribution >= 4 is 12.0 Å². The standard InChI is InChI=1S/C10H18N2O3/c1-3-15-9(13)6-11-10(14)12-5-4-8(2)7-12/h8H,3-7H2,1-2H3,(H,11,14). The lowest BCUT2D eigenvalue weighted by molar-refractivity contribution is -0.141. The molecule has 5 heteroatoms. The Labute approximate surface area is 89.8 Å². The molecule has 1 aliphatic rings. The molecule has 1 atom stereocenters. The molecule has 0 spiro atoms. The molecule has 1 saturated heterocycles.